The number of nitrogens with two attached hydrogens (primary N) is 1. The van der Waals surface area contributed by atoms with Crippen LogP contribution in [0.4, 0.5) is 10.9 Å². The Labute approximate surface area is 165 Å². The lowest BCUT2D eigenvalue weighted by Gasteiger charge is -2.04. The van der Waals surface area contributed by atoms with Crippen LogP contribution in [-0.2, 0) is 13.0 Å². The molecular formula is C19H16ClN5OS. The number of nitrogen functional groups attached to an aromatic ring is 1. The van der Waals surface area contributed by atoms with Crippen LogP contribution in [0.3, 0.4) is 0 Å². The van der Waals surface area contributed by atoms with E-state index in [2.05, 4.69) is 44.7 Å². The lowest BCUT2D eigenvalue weighted by atomic mass is 10.1. The van der Waals surface area contributed by atoms with Gasteiger partial charge in [0.05, 0.1) is 11.3 Å². The number of anilines is 2. The summed E-state index contributed by atoms with van der Waals surface area (Å²) in [5, 5.41) is 10.5. The Morgan fingerprint density at radius 3 is 2.70 bits per heavy atom. The summed E-state index contributed by atoms with van der Waals surface area (Å²) in [6, 6.07) is 13.9. The van der Waals surface area contributed by atoms with Gasteiger partial charge in [-0.2, -0.15) is 0 Å². The van der Waals surface area contributed by atoms with E-state index in [1.165, 1.54) is 11.3 Å². The number of halogens is 1. The van der Waals surface area contributed by atoms with E-state index in [9.17, 15) is 0 Å². The van der Waals surface area contributed by atoms with Gasteiger partial charge in [-0.1, -0.05) is 41.0 Å². The SMILES string of the molecule is Nc1ncccc1-c1cc(Cc2ccc(CNc3nc(Cl)cs3)cc2)no1. The standard InChI is InChI=1S/C19H16ClN5OS/c20-17-11-27-19(24-17)23-10-13-5-3-12(4-6-13)8-14-9-16(26-25-14)15-2-1-7-22-18(15)21/h1-7,9,11H,8,10H2,(H2,21,22)(H,23,24). The predicted molar refractivity (Wildman–Crippen MR) is 108 cm³/mol. The van der Waals surface area contributed by atoms with Gasteiger partial charge in [0.1, 0.15) is 11.0 Å². The maximum atomic E-state index is 5.89. The molecule has 0 aliphatic rings. The highest BCUT2D eigenvalue weighted by atomic mass is 35.5. The number of hydrogen-bond donors (Lipinski definition) is 2. The summed E-state index contributed by atoms with van der Waals surface area (Å²) in [5.41, 5.74) is 9.79. The molecule has 0 aliphatic carbocycles. The van der Waals surface area contributed by atoms with Crippen LogP contribution in [0.15, 0.2) is 58.6 Å². The van der Waals surface area contributed by atoms with Crippen LogP contribution in [0.25, 0.3) is 11.3 Å². The number of nitrogens with zero attached hydrogens (tertiary/aromatic N) is 3. The zero-order chi connectivity index (χ0) is 18.6. The minimum atomic E-state index is 0.429. The fourth-order valence-electron chi connectivity index (χ4n) is 2.65. The first-order valence-corrected chi connectivity index (χ1v) is 9.52. The van der Waals surface area contributed by atoms with Gasteiger partial charge in [-0.3, -0.25) is 0 Å². The van der Waals surface area contributed by atoms with E-state index in [1.54, 1.807) is 11.6 Å². The molecule has 1 aromatic carbocycles. The molecule has 0 unspecified atom stereocenters. The molecule has 0 aliphatic heterocycles. The molecule has 3 N–H and O–H groups in total. The Hall–Kier alpha value is -2.90. The Bertz CT molecular complexity index is 1040. The summed E-state index contributed by atoms with van der Waals surface area (Å²) in [6.45, 7) is 0.693. The summed E-state index contributed by atoms with van der Waals surface area (Å²) in [4.78, 5) is 8.25. The normalized spacial score (nSPS) is 10.9. The van der Waals surface area contributed by atoms with Gasteiger partial charge in [-0.15, -0.1) is 11.3 Å². The number of nitrogens with one attached hydrogen (secondary N) is 1. The fraction of sp³-hybridized carbons (Fsp3) is 0.105. The zero-order valence-electron chi connectivity index (χ0n) is 14.2. The summed E-state index contributed by atoms with van der Waals surface area (Å²) < 4.78 is 5.42. The molecule has 0 saturated carbocycles. The predicted octanol–water partition coefficient (Wildman–Crippen LogP) is 4.63. The zero-order valence-corrected chi connectivity index (χ0v) is 15.8. The third kappa shape index (κ3) is 4.27. The van der Waals surface area contributed by atoms with Crippen LogP contribution in [0.1, 0.15) is 16.8 Å². The van der Waals surface area contributed by atoms with Gasteiger partial charge in [0.15, 0.2) is 10.9 Å². The van der Waals surface area contributed by atoms with Gasteiger partial charge >= 0.3 is 0 Å². The average molecular weight is 398 g/mol. The Morgan fingerprint density at radius 2 is 1.96 bits per heavy atom. The molecule has 6 nitrogen and oxygen atoms in total. The smallest absolute Gasteiger partial charge is 0.184 e. The molecular weight excluding hydrogens is 382 g/mol. The number of benzene rings is 1. The van der Waals surface area contributed by atoms with E-state index < -0.39 is 0 Å². The highest BCUT2D eigenvalue weighted by Crippen LogP contribution is 2.25. The molecule has 0 fully saturated rings. The van der Waals surface area contributed by atoms with Gasteiger partial charge in [0.2, 0.25) is 0 Å². The van der Waals surface area contributed by atoms with Crippen molar-refractivity contribution in [2.75, 3.05) is 11.1 Å². The quantitative estimate of drug-likeness (QED) is 0.493. The largest absolute Gasteiger partial charge is 0.383 e. The fourth-order valence-corrected chi connectivity index (χ4v) is 3.48. The van der Waals surface area contributed by atoms with E-state index in [1.807, 2.05) is 18.2 Å². The molecule has 4 aromatic rings. The summed E-state index contributed by atoms with van der Waals surface area (Å²) in [6.07, 6.45) is 2.33. The average Bonchev–Trinajstić information content (AvgIpc) is 3.30. The molecule has 3 heterocycles. The molecule has 4 rings (SSSR count). The van der Waals surface area contributed by atoms with Crippen LogP contribution in [0.2, 0.25) is 5.15 Å². The van der Waals surface area contributed by atoms with E-state index in [0.29, 0.717) is 29.7 Å². The van der Waals surface area contributed by atoms with E-state index >= 15 is 0 Å². The molecule has 0 bridgehead atoms. The summed E-state index contributed by atoms with van der Waals surface area (Å²) in [7, 11) is 0. The number of aromatic nitrogens is 3. The van der Waals surface area contributed by atoms with Crippen LogP contribution in [0, 0.1) is 0 Å². The van der Waals surface area contributed by atoms with Gasteiger partial charge < -0.3 is 15.6 Å². The van der Waals surface area contributed by atoms with Crippen LogP contribution < -0.4 is 11.1 Å². The van der Waals surface area contributed by atoms with Crippen molar-refractivity contribution >= 4 is 33.9 Å². The maximum absolute atomic E-state index is 5.89. The molecule has 0 saturated heterocycles. The van der Waals surface area contributed by atoms with Crippen molar-refractivity contribution in [2.24, 2.45) is 0 Å². The Balaban J connectivity index is 1.39. The lowest BCUT2D eigenvalue weighted by molar-refractivity contribution is 0.425. The highest BCUT2D eigenvalue weighted by Gasteiger charge is 2.10. The van der Waals surface area contributed by atoms with E-state index in [4.69, 9.17) is 21.9 Å². The molecule has 0 amide bonds. The summed E-state index contributed by atoms with van der Waals surface area (Å²) >= 11 is 7.31. The van der Waals surface area contributed by atoms with Gasteiger partial charge in [-0.05, 0) is 23.3 Å². The monoisotopic (exact) mass is 397 g/mol. The molecule has 27 heavy (non-hydrogen) atoms. The molecule has 8 heteroatoms. The topological polar surface area (TPSA) is 89.9 Å². The second kappa shape index (κ2) is 7.77. The number of rotatable bonds is 6. The van der Waals surface area contributed by atoms with Gasteiger partial charge in [0.25, 0.3) is 0 Å². The third-order valence-electron chi connectivity index (χ3n) is 3.99. The van der Waals surface area contributed by atoms with Crippen molar-refractivity contribution in [3.63, 3.8) is 0 Å². The first-order valence-electron chi connectivity index (χ1n) is 8.26. The second-order valence-corrected chi connectivity index (χ2v) is 7.19. The minimum absolute atomic E-state index is 0.429. The van der Waals surface area contributed by atoms with Crippen molar-refractivity contribution in [3.8, 4) is 11.3 Å². The van der Waals surface area contributed by atoms with Crippen molar-refractivity contribution in [1.82, 2.24) is 15.1 Å². The lowest BCUT2D eigenvalue weighted by Crippen LogP contribution is -1.99. The number of pyridine rings is 1. The molecule has 0 atom stereocenters. The van der Waals surface area contributed by atoms with Crippen LogP contribution >= 0.6 is 22.9 Å². The maximum Gasteiger partial charge on any atom is 0.184 e. The van der Waals surface area contributed by atoms with Gasteiger partial charge in [-0.25, -0.2) is 9.97 Å². The van der Waals surface area contributed by atoms with Crippen LogP contribution in [-0.4, -0.2) is 15.1 Å². The third-order valence-corrected chi connectivity index (χ3v) is 5.11. The summed E-state index contributed by atoms with van der Waals surface area (Å²) in [5.74, 6) is 1.05. The Morgan fingerprint density at radius 1 is 1.15 bits per heavy atom. The van der Waals surface area contributed by atoms with Crippen molar-refractivity contribution < 1.29 is 4.52 Å². The van der Waals surface area contributed by atoms with E-state index in [0.717, 1.165) is 27.5 Å². The molecule has 136 valence electrons. The van der Waals surface area contributed by atoms with Crippen LogP contribution in [0.5, 0.6) is 0 Å². The molecule has 3 aromatic heterocycles. The van der Waals surface area contributed by atoms with E-state index in [-0.39, 0.29) is 0 Å². The second-order valence-electron chi connectivity index (χ2n) is 5.94. The van der Waals surface area contributed by atoms with Crippen molar-refractivity contribution in [2.45, 2.75) is 13.0 Å². The molecule has 0 spiro atoms. The van der Waals surface area contributed by atoms with Crippen molar-refractivity contribution in [3.05, 3.63) is 76.0 Å². The van der Waals surface area contributed by atoms with Crippen molar-refractivity contribution in [1.29, 1.82) is 0 Å². The highest BCUT2D eigenvalue weighted by molar-refractivity contribution is 7.14. The Kier molecular flexibility index (Phi) is 5.04. The molecule has 0 radical (unpaired) electrons. The minimum Gasteiger partial charge on any atom is -0.383 e. The number of thiazole rings is 1. The first-order chi connectivity index (χ1) is 13.2. The first kappa shape index (κ1) is 17.5. The van der Waals surface area contributed by atoms with Gasteiger partial charge in [0, 0.05) is 30.6 Å². The number of hydrogen-bond acceptors (Lipinski definition) is 7.